The Hall–Kier alpha value is -2.48. The molecule has 0 bridgehead atoms. The SMILES string of the molecule is CNCCN(C)c1cc(C(=O)NCC(O)CN2CCc3ccccc3C2)ccn1. The molecule has 3 N–H and O–H groups in total. The van der Waals surface area contributed by atoms with Crippen molar-refractivity contribution in [2.45, 2.75) is 19.1 Å². The Kier molecular flexibility index (Phi) is 7.57. The van der Waals surface area contributed by atoms with Crippen molar-refractivity contribution in [3.63, 3.8) is 0 Å². The molecule has 1 aliphatic heterocycles. The van der Waals surface area contributed by atoms with Crippen molar-refractivity contribution in [3.05, 3.63) is 59.3 Å². The molecule has 7 nitrogen and oxygen atoms in total. The largest absolute Gasteiger partial charge is 0.390 e. The van der Waals surface area contributed by atoms with Crippen LogP contribution in [0, 0.1) is 0 Å². The monoisotopic (exact) mass is 397 g/mol. The van der Waals surface area contributed by atoms with E-state index in [1.54, 1.807) is 18.3 Å². The van der Waals surface area contributed by atoms with Crippen molar-refractivity contribution < 1.29 is 9.90 Å². The van der Waals surface area contributed by atoms with E-state index in [-0.39, 0.29) is 12.5 Å². The quantitative estimate of drug-likeness (QED) is 0.583. The molecule has 1 aromatic heterocycles. The molecular formula is C22H31N5O2. The number of anilines is 1. The number of pyridine rings is 1. The summed E-state index contributed by atoms with van der Waals surface area (Å²) in [5, 5.41) is 16.3. The predicted molar refractivity (Wildman–Crippen MR) is 115 cm³/mol. The lowest BCUT2D eigenvalue weighted by atomic mass is 10.00. The highest BCUT2D eigenvalue weighted by Gasteiger charge is 2.19. The molecule has 0 saturated carbocycles. The van der Waals surface area contributed by atoms with Crippen LogP contribution in [0.1, 0.15) is 21.5 Å². The van der Waals surface area contributed by atoms with E-state index in [1.807, 2.05) is 19.0 Å². The van der Waals surface area contributed by atoms with Gasteiger partial charge in [0.2, 0.25) is 0 Å². The van der Waals surface area contributed by atoms with Gasteiger partial charge in [-0.1, -0.05) is 24.3 Å². The van der Waals surface area contributed by atoms with E-state index >= 15 is 0 Å². The summed E-state index contributed by atoms with van der Waals surface area (Å²) in [5.74, 6) is 0.555. The minimum absolute atomic E-state index is 0.196. The number of likely N-dealkylation sites (N-methyl/N-ethyl adjacent to an activating group) is 2. The Balaban J connectivity index is 1.48. The molecule has 29 heavy (non-hydrogen) atoms. The molecule has 1 unspecified atom stereocenters. The number of nitrogens with zero attached hydrogens (tertiary/aromatic N) is 3. The standard InChI is InChI=1S/C22H31N5O2/c1-23-10-12-26(2)21-13-18(7-9-24-21)22(29)25-14-20(28)16-27-11-8-17-5-3-4-6-19(17)15-27/h3-7,9,13,20,23,28H,8,10-12,14-16H2,1-2H3,(H,25,29). The van der Waals surface area contributed by atoms with Crippen LogP contribution in [0.5, 0.6) is 0 Å². The van der Waals surface area contributed by atoms with Crippen LogP contribution in [0.15, 0.2) is 42.6 Å². The number of aliphatic hydroxyl groups is 1. The molecule has 0 saturated heterocycles. The number of hydrogen-bond donors (Lipinski definition) is 3. The molecular weight excluding hydrogens is 366 g/mol. The van der Waals surface area contributed by atoms with Crippen molar-refractivity contribution in [3.8, 4) is 0 Å². The lowest BCUT2D eigenvalue weighted by Crippen LogP contribution is -2.42. The number of nitrogens with one attached hydrogen (secondary N) is 2. The Morgan fingerprint density at radius 1 is 1.31 bits per heavy atom. The number of amides is 1. The van der Waals surface area contributed by atoms with Crippen molar-refractivity contribution in [2.75, 3.05) is 51.7 Å². The first kappa shape index (κ1) is 21.2. The van der Waals surface area contributed by atoms with E-state index in [4.69, 9.17) is 0 Å². The van der Waals surface area contributed by atoms with E-state index in [9.17, 15) is 9.90 Å². The molecule has 1 amide bonds. The Labute approximate surface area is 172 Å². The normalized spacial score (nSPS) is 14.9. The average Bonchev–Trinajstić information content (AvgIpc) is 2.75. The van der Waals surface area contributed by atoms with E-state index in [0.717, 1.165) is 38.4 Å². The van der Waals surface area contributed by atoms with E-state index in [1.165, 1.54) is 11.1 Å². The molecule has 0 radical (unpaired) electrons. The second-order valence-corrected chi connectivity index (χ2v) is 7.55. The fourth-order valence-corrected chi connectivity index (χ4v) is 3.55. The maximum absolute atomic E-state index is 12.5. The van der Waals surface area contributed by atoms with Gasteiger partial charge in [0.25, 0.3) is 5.91 Å². The molecule has 3 rings (SSSR count). The zero-order valence-corrected chi connectivity index (χ0v) is 17.3. The van der Waals surface area contributed by atoms with E-state index in [2.05, 4.69) is 44.8 Å². The number of β-amino-alcohol motifs (C(OH)–C–C–N with tert-alkyl or cyclic N) is 1. The highest BCUT2D eigenvalue weighted by molar-refractivity contribution is 5.94. The smallest absolute Gasteiger partial charge is 0.251 e. The summed E-state index contributed by atoms with van der Waals surface area (Å²) in [6, 6.07) is 11.9. The molecule has 2 aromatic rings. The van der Waals surface area contributed by atoms with Gasteiger partial charge in [-0.3, -0.25) is 9.69 Å². The van der Waals surface area contributed by atoms with Crippen LogP contribution in [-0.2, 0) is 13.0 Å². The van der Waals surface area contributed by atoms with Gasteiger partial charge in [0.15, 0.2) is 0 Å². The Morgan fingerprint density at radius 3 is 2.90 bits per heavy atom. The third-order valence-corrected chi connectivity index (χ3v) is 5.27. The van der Waals surface area contributed by atoms with Crippen molar-refractivity contribution in [1.29, 1.82) is 0 Å². The van der Waals surface area contributed by atoms with Crippen molar-refractivity contribution >= 4 is 11.7 Å². The fraction of sp³-hybridized carbons (Fsp3) is 0.455. The maximum atomic E-state index is 12.5. The highest BCUT2D eigenvalue weighted by Crippen LogP contribution is 2.18. The third-order valence-electron chi connectivity index (χ3n) is 5.27. The maximum Gasteiger partial charge on any atom is 0.251 e. The van der Waals surface area contributed by atoms with Crippen LogP contribution in [0.4, 0.5) is 5.82 Å². The average molecular weight is 398 g/mol. The second-order valence-electron chi connectivity index (χ2n) is 7.55. The van der Waals surface area contributed by atoms with Crippen molar-refractivity contribution in [1.82, 2.24) is 20.5 Å². The summed E-state index contributed by atoms with van der Waals surface area (Å²) in [4.78, 5) is 21.1. The minimum atomic E-state index is -0.608. The number of fused-ring (bicyclic) bond motifs is 1. The molecule has 0 fully saturated rings. The Morgan fingerprint density at radius 2 is 2.10 bits per heavy atom. The first-order valence-electron chi connectivity index (χ1n) is 10.1. The topological polar surface area (TPSA) is 80.7 Å². The van der Waals surface area contributed by atoms with Gasteiger partial charge in [-0.2, -0.15) is 0 Å². The van der Waals surface area contributed by atoms with Gasteiger partial charge in [-0.15, -0.1) is 0 Å². The fourth-order valence-electron chi connectivity index (χ4n) is 3.55. The minimum Gasteiger partial charge on any atom is -0.390 e. The number of aliphatic hydroxyl groups excluding tert-OH is 1. The van der Waals surface area contributed by atoms with Gasteiger partial charge < -0.3 is 20.6 Å². The number of carbonyl (C=O) groups is 1. The number of rotatable bonds is 9. The number of carbonyl (C=O) groups excluding carboxylic acids is 1. The summed E-state index contributed by atoms with van der Waals surface area (Å²) in [5.41, 5.74) is 3.26. The predicted octanol–water partition coefficient (Wildman–Crippen LogP) is 0.886. The van der Waals surface area contributed by atoms with Crippen LogP contribution in [0.3, 0.4) is 0 Å². The second kappa shape index (κ2) is 10.3. The Bertz CT molecular complexity index is 813. The number of hydrogen-bond acceptors (Lipinski definition) is 6. The zero-order valence-electron chi connectivity index (χ0n) is 17.3. The van der Waals surface area contributed by atoms with Crippen LogP contribution in [0.2, 0.25) is 0 Å². The molecule has 0 spiro atoms. The van der Waals surface area contributed by atoms with Gasteiger partial charge in [0, 0.05) is 58.1 Å². The molecule has 1 atom stereocenters. The highest BCUT2D eigenvalue weighted by atomic mass is 16.3. The van der Waals surface area contributed by atoms with Gasteiger partial charge in [0.05, 0.1) is 6.10 Å². The number of aromatic nitrogens is 1. The summed E-state index contributed by atoms with van der Waals surface area (Å²) < 4.78 is 0. The molecule has 7 heteroatoms. The molecule has 0 aliphatic carbocycles. The van der Waals surface area contributed by atoms with E-state index < -0.39 is 6.10 Å². The van der Waals surface area contributed by atoms with Gasteiger partial charge in [0.1, 0.15) is 5.82 Å². The zero-order chi connectivity index (χ0) is 20.6. The third kappa shape index (κ3) is 6.00. The van der Waals surface area contributed by atoms with Crippen LogP contribution in [-0.4, -0.2) is 73.8 Å². The van der Waals surface area contributed by atoms with Crippen LogP contribution in [0.25, 0.3) is 0 Å². The lowest BCUT2D eigenvalue weighted by molar-refractivity contribution is 0.0842. The number of benzene rings is 1. The summed E-state index contributed by atoms with van der Waals surface area (Å²) in [6.45, 7) is 4.17. The molecule has 1 aromatic carbocycles. The summed E-state index contributed by atoms with van der Waals surface area (Å²) >= 11 is 0. The van der Waals surface area contributed by atoms with Crippen LogP contribution < -0.4 is 15.5 Å². The van der Waals surface area contributed by atoms with Gasteiger partial charge in [-0.25, -0.2) is 4.98 Å². The van der Waals surface area contributed by atoms with E-state index in [0.29, 0.717) is 12.1 Å². The van der Waals surface area contributed by atoms with Crippen LogP contribution >= 0.6 is 0 Å². The summed E-state index contributed by atoms with van der Waals surface area (Å²) in [6.07, 6.45) is 2.03. The first-order valence-corrected chi connectivity index (χ1v) is 10.1. The molecule has 156 valence electrons. The molecule has 2 heterocycles. The molecule has 1 aliphatic rings. The van der Waals surface area contributed by atoms with Gasteiger partial charge >= 0.3 is 0 Å². The van der Waals surface area contributed by atoms with Crippen molar-refractivity contribution in [2.24, 2.45) is 0 Å². The summed E-state index contributed by atoms with van der Waals surface area (Å²) in [7, 11) is 3.85. The lowest BCUT2D eigenvalue weighted by Gasteiger charge is -2.30. The van der Waals surface area contributed by atoms with Gasteiger partial charge in [-0.05, 0) is 36.7 Å². The first-order chi connectivity index (χ1) is 14.1.